The van der Waals surface area contributed by atoms with Crippen LogP contribution in [0.1, 0.15) is 79.0 Å². The lowest BCUT2D eigenvalue weighted by Gasteiger charge is -2.51. The maximum absolute atomic E-state index is 16.2. The van der Waals surface area contributed by atoms with Gasteiger partial charge in [-0.25, -0.2) is 27.5 Å². The molecule has 376 valence electrons. The first-order valence-corrected chi connectivity index (χ1v) is 25.3. The number of carbonyl (C=O) groups excluding carboxylic acids is 3. The predicted octanol–water partition coefficient (Wildman–Crippen LogP) is 5.59. The third-order valence-corrected chi connectivity index (χ3v) is 16.5. The fraction of sp³-hybridized carbons (Fsp3) is 0.481. The van der Waals surface area contributed by atoms with Crippen molar-refractivity contribution >= 4 is 57.3 Å². The Kier molecular flexibility index (Phi) is 11.4. The zero-order valence-corrected chi connectivity index (χ0v) is 40.4. The number of likely N-dealkylation sites (tertiary alicyclic amines) is 2. The Labute approximate surface area is 413 Å². The zero-order chi connectivity index (χ0) is 49.6. The summed E-state index contributed by atoms with van der Waals surface area (Å²) in [4.78, 5) is 68.5. The normalized spacial score (nSPS) is 24.2. The molecule has 4 aromatic heterocycles. The monoisotopic (exact) mass is 985 g/mol. The van der Waals surface area contributed by atoms with E-state index in [2.05, 4.69) is 30.7 Å². The summed E-state index contributed by atoms with van der Waals surface area (Å²) in [6, 6.07) is 15.8. The standard InChI is InChI=1S/C52H58F3N13O4/c1-56-38-26-45(61-68-43(28-58-47(38)68)49(71)59-37-25-35(37)53)66-19-12-34-33(4-3-5-39(34)66)36-8-6-31(27-57-36)29-63-18-13-44(52(54,55)30-63)65-22-16-51(17-23-65)14-20-64(21-15-51)32-7-9-40-42(24-32)62(2)50(72)67(40)41-10-11-46(69)60-48(41)70/h3-9,24,26-28,35,37,41,44,56H,10-23,25,29-30H2,1-2H3,(H,59,71)(H,60,69,70)/t35-,37+,41?,44?/m0/s1. The maximum atomic E-state index is 16.2. The summed E-state index contributed by atoms with van der Waals surface area (Å²) in [5.41, 5.74) is 8.37. The van der Waals surface area contributed by atoms with Crippen LogP contribution >= 0.6 is 0 Å². The number of rotatable bonds is 10. The molecule has 72 heavy (non-hydrogen) atoms. The van der Waals surface area contributed by atoms with E-state index in [1.165, 1.54) is 15.3 Å². The molecular formula is C52H58F3N13O4. The van der Waals surface area contributed by atoms with Crippen molar-refractivity contribution in [3.05, 3.63) is 94.3 Å². The molecule has 3 N–H and O–H groups in total. The molecule has 9 heterocycles. The Hall–Kier alpha value is -6.80. The van der Waals surface area contributed by atoms with Gasteiger partial charge in [-0.3, -0.25) is 43.6 Å². The number of alkyl halides is 3. The molecule has 2 aromatic carbocycles. The van der Waals surface area contributed by atoms with Crippen molar-refractivity contribution in [1.29, 1.82) is 0 Å². The predicted molar refractivity (Wildman–Crippen MR) is 266 cm³/mol. The van der Waals surface area contributed by atoms with Crippen molar-refractivity contribution in [2.24, 2.45) is 12.5 Å². The second-order valence-corrected chi connectivity index (χ2v) is 20.8. The molecule has 4 atom stereocenters. The lowest BCUT2D eigenvalue weighted by molar-refractivity contribution is -0.138. The topological polar surface area (TPSA) is 170 Å². The highest BCUT2D eigenvalue weighted by Crippen LogP contribution is 2.45. The van der Waals surface area contributed by atoms with E-state index in [4.69, 9.17) is 10.1 Å². The van der Waals surface area contributed by atoms with Gasteiger partial charge in [0, 0.05) is 88.9 Å². The highest BCUT2D eigenvalue weighted by molar-refractivity contribution is 6.00. The SMILES string of the molecule is CNc1cc(N2CCc3c(-c4ccc(CN5CCC(N6CCC7(CCN(c8ccc9c(c8)n(C)c(=O)n9C8CCC(=O)NC8=O)CC7)CC6)C(F)(F)C5)cn4)cccc32)nn2c(C(=O)N[C@@H]3C[C@@H]3F)cnc12. The molecule has 1 aliphatic carbocycles. The van der Waals surface area contributed by atoms with E-state index in [0.29, 0.717) is 68.2 Å². The zero-order valence-electron chi connectivity index (χ0n) is 40.4. The van der Waals surface area contributed by atoms with Gasteiger partial charge in [-0.2, -0.15) is 0 Å². The van der Waals surface area contributed by atoms with Crippen molar-refractivity contribution < 1.29 is 27.6 Å². The van der Waals surface area contributed by atoms with Crippen LogP contribution in [0, 0.1) is 5.41 Å². The number of amides is 3. The quantitative estimate of drug-likeness (QED) is 0.146. The minimum atomic E-state index is -2.86. The second-order valence-electron chi connectivity index (χ2n) is 20.8. The number of aromatic nitrogens is 6. The highest BCUT2D eigenvalue weighted by atomic mass is 19.3. The van der Waals surface area contributed by atoms with E-state index in [0.717, 1.165) is 84.5 Å². The number of benzene rings is 2. The van der Waals surface area contributed by atoms with E-state index in [1.807, 2.05) is 64.4 Å². The summed E-state index contributed by atoms with van der Waals surface area (Å²) in [5, 5.41) is 13.1. The first-order chi connectivity index (χ1) is 34.8. The summed E-state index contributed by atoms with van der Waals surface area (Å²) in [6.45, 7) is 4.29. The molecule has 2 unspecified atom stereocenters. The molecule has 3 amide bonds. The van der Waals surface area contributed by atoms with Gasteiger partial charge in [-0.05, 0) is 105 Å². The van der Waals surface area contributed by atoms with Crippen molar-refractivity contribution in [3.8, 4) is 11.3 Å². The van der Waals surface area contributed by atoms with Crippen LogP contribution in [0.15, 0.2) is 71.8 Å². The number of piperidine rings is 4. The first-order valence-electron chi connectivity index (χ1n) is 25.3. The minimum Gasteiger partial charge on any atom is -0.385 e. The molecule has 0 bridgehead atoms. The molecule has 5 fully saturated rings. The summed E-state index contributed by atoms with van der Waals surface area (Å²) < 4.78 is 50.5. The summed E-state index contributed by atoms with van der Waals surface area (Å²) in [6.07, 6.45) is 7.85. The summed E-state index contributed by atoms with van der Waals surface area (Å²) >= 11 is 0. The van der Waals surface area contributed by atoms with Crippen molar-refractivity contribution in [2.75, 3.05) is 68.0 Å². The number of anilines is 4. The smallest absolute Gasteiger partial charge is 0.329 e. The number of aryl methyl sites for hydroxylation is 1. The molecule has 6 aromatic rings. The molecule has 17 nitrogen and oxygen atoms in total. The summed E-state index contributed by atoms with van der Waals surface area (Å²) in [5.74, 6) is -3.44. The van der Waals surface area contributed by atoms with Gasteiger partial charge in [-0.15, -0.1) is 5.10 Å². The minimum absolute atomic E-state index is 0.112. The average molecular weight is 986 g/mol. The molecule has 1 saturated carbocycles. The number of nitrogens with one attached hydrogen (secondary N) is 3. The average Bonchev–Trinajstić information content (AvgIpc) is 3.64. The lowest BCUT2D eigenvalue weighted by atomic mass is 9.70. The summed E-state index contributed by atoms with van der Waals surface area (Å²) in [7, 11) is 3.49. The largest absolute Gasteiger partial charge is 0.385 e. The van der Waals surface area contributed by atoms with Crippen LogP contribution in [-0.4, -0.2) is 133 Å². The first kappa shape index (κ1) is 46.3. The molecule has 5 aliphatic heterocycles. The number of fused-ring (bicyclic) bond motifs is 3. The molecule has 1 spiro atoms. The Bertz CT molecular complexity index is 3190. The van der Waals surface area contributed by atoms with Crippen LogP contribution in [-0.2, 0) is 29.6 Å². The molecule has 4 saturated heterocycles. The number of imidazole rings is 2. The van der Waals surface area contributed by atoms with Gasteiger partial charge in [0.1, 0.15) is 12.2 Å². The lowest BCUT2D eigenvalue weighted by Crippen LogP contribution is -2.60. The maximum Gasteiger partial charge on any atom is 0.329 e. The molecular weight excluding hydrogens is 928 g/mol. The van der Waals surface area contributed by atoms with Crippen molar-refractivity contribution in [1.82, 2.24) is 49.1 Å². The van der Waals surface area contributed by atoms with Crippen LogP contribution in [0.5, 0.6) is 0 Å². The van der Waals surface area contributed by atoms with E-state index in [1.54, 1.807) is 24.9 Å². The van der Waals surface area contributed by atoms with E-state index in [-0.39, 0.29) is 42.1 Å². The third kappa shape index (κ3) is 8.15. The van der Waals surface area contributed by atoms with Gasteiger partial charge in [0.2, 0.25) is 11.8 Å². The number of halogens is 3. The number of carbonyl (C=O) groups is 3. The van der Waals surface area contributed by atoms with Gasteiger partial charge < -0.3 is 20.4 Å². The van der Waals surface area contributed by atoms with Crippen LogP contribution in [0.25, 0.3) is 27.9 Å². The van der Waals surface area contributed by atoms with Crippen LogP contribution in [0.3, 0.4) is 0 Å². The van der Waals surface area contributed by atoms with Crippen LogP contribution < -0.4 is 31.4 Å². The number of nitrogens with zero attached hydrogens (tertiary/aromatic N) is 10. The fourth-order valence-electron chi connectivity index (χ4n) is 12.2. The number of imide groups is 1. The Morgan fingerprint density at radius 2 is 1.68 bits per heavy atom. The van der Waals surface area contributed by atoms with E-state index in [9.17, 15) is 23.6 Å². The molecule has 0 radical (unpaired) electrons. The van der Waals surface area contributed by atoms with Crippen molar-refractivity contribution in [3.63, 3.8) is 0 Å². The third-order valence-electron chi connectivity index (χ3n) is 16.5. The van der Waals surface area contributed by atoms with Gasteiger partial charge >= 0.3 is 5.69 Å². The Morgan fingerprint density at radius 3 is 2.40 bits per heavy atom. The Balaban J connectivity index is 0.654. The van der Waals surface area contributed by atoms with E-state index >= 15 is 8.78 Å². The van der Waals surface area contributed by atoms with Gasteiger partial charge in [0.25, 0.3) is 11.8 Å². The highest BCUT2D eigenvalue weighted by Gasteiger charge is 2.50. The van der Waals surface area contributed by atoms with Gasteiger partial charge in [0.15, 0.2) is 17.2 Å². The second kappa shape index (κ2) is 17.7. The molecule has 12 rings (SSSR count). The van der Waals surface area contributed by atoms with Crippen LogP contribution in [0.4, 0.5) is 36.1 Å². The number of pyridine rings is 1. The Morgan fingerprint density at radius 1 is 0.889 bits per heavy atom. The fourth-order valence-corrected chi connectivity index (χ4v) is 12.2. The number of hydrogen-bond acceptors (Lipinski definition) is 12. The van der Waals surface area contributed by atoms with Crippen LogP contribution in [0.2, 0.25) is 0 Å². The molecule has 6 aliphatic rings. The number of hydrogen-bond donors (Lipinski definition) is 3. The van der Waals surface area contributed by atoms with E-state index < -0.39 is 42.0 Å². The molecule has 20 heteroatoms. The van der Waals surface area contributed by atoms with Gasteiger partial charge in [0.05, 0.1) is 47.2 Å². The van der Waals surface area contributed by atoms with Gasteiger partial charge in [-0.1, -0.05) is 18.2 Å². The van der Waals surface area contributed by atoms with Crippen molar-refractivity contribution in [2.45, 2.75) is 94.6 Å².